The van der Waals surface area contributed by atoms with Crippen molar-refractivity contribution in [2.45, 2.75) is 13.0 Å². The highest BCUT2D eigenvalue weighted by molar-refractivity contribution is 5.31. The van der Waals surface area contributed by atoms with Crippen LogP contribution in [0.25, 0.3) is 0 Å². The molecule has 3 nitrogen and oxygen atoms in total. The summed E-state index contributed by atoms with van der Waals surface area (Å²) >= 11 is 0. The predicted molar refractivity (Wildman–Crippen MR) is 50.2 cm³/mol. The summed E-state index contributed by atoms with van der Waals surface area (Å²) in [6.45, 7) is 1.83. The van der Waals surface area contributed by atoms with Gasteiger partial charge in [-0.25, -0.2) is 0 Å². The fourth-order valence-electron chi connectivity index (χ4n) is 0.924. The molecule has 0 fully saturated rings. The third-order valence-electron chi connectivity index (χ3n) is 1.65. The van der Waals surface area contributed by atoms with Crippen LogP contribution in [0, 0.1) is 0 Å². The number of hydrogen-bond acceptors (Lipinski definition) is 3. The highest BCUT2D eigenvalue weighted by atomic mass is 16.5. The lowest BCUT2D eigenvalue weighted by Crippen LogP contribution is -2.15. The van der Waals surface area contributed by atoms with Gasteiger partial charge in [-0.15, -0.1) is 0 Å². The zero-order valence-corrected chi connectivity index (χ0v) is 7.86. The van der Waals surface area contributed by atoms with E-state index < -0.39 is 0 Å². The first-order chi connectivity index (χ1) is 6.26. The van der Waals surface area contributed by atoms with Gasteiger partial charge in [-0.05, 0) is 31.2 Å². The lowest BCUT2D eigenvalue weighted by atomic mass is 10.3. The molecule has 0 heterocycles. The first kappa shape index (κ1) is 9.86. The SMILES string of the molecule is COc1ccc(OC(C)CO)cc1. The molecule has 0 bridgehead atoms. The molecule has 1 rings (SSSR count). The number of rotatable bonds is 4. The number of methoxy groups -OCH3 is 1. The molecule has 0 radical (unpaired) electrons. The van der Waals surface area contributed by atoms with Gasteiger partial charge in [-0.1, -0.05) is 0 Å². The minimum absolute atomic E-state index is 0.0199. The Hall–Kier alpha value is -1.22. The molecule has 72 valence electrons. The van der Waals surface area contributed by atoms with E-state index in [0.29, 0.717) is 0 Å². The first-order valence-corrected chi connectivity index (χ1v) is 4.18. The van der Waals surface area contributed by atoms with Crippen molar-refractivity contribution in [1.29, 1.82) is 0 Å². The van der Waals surface area contributed by atoms with Crippen LogP contribution in [0.5, 0.6) is 11.5 Å². The van der Waals surface area contributed by atoms with Crippen molar-refractivity contribution in [3.8, 4) is 11.5 Å². The second-order valence-corrected chi connectivity index (χ2v) is 2.79. The Kier molecular flexibility index (Phi) is 3.58. The smallest absolute Gasteiger partial charge is 0.120 e. The van der Waals surface area contributed by atoms with Gasteiger partial charge in [0.15, 0.2) is 0 Å². The molecule has 1 atom stereocenters. The van der Waals surface area contributed by atoms with Crippen molar-refractivity contribution in [2.75, 3.05) is 13.7 Å². The molecular formula is C10H14O3. The first-order valence-electron chi connectivity index (χ1n) is 4.18. The van der Waals surface area contributed by atoms with Crippen LogP contribution < -0.4 is 9.47 Å². The Morgan fingerprint density at radius 1 is 1.23 bits per heavy atom. The molecule has 1 aromatic carbocycles. The standard InChI is InChI=1S/C10H14O3/c1-8(7-11)13-10-5-3-9(12-2)4-6-10/h3-6,8,11H,7H2,1-2H3. The molecule has 3 heteroatoms. The molecule has 0 saturated carbocycles. The average Bonchev–Trinajstić information content (AvgIpc) is 2.19. The molecule has 1 N–H and O–H groups in total. The third kappa shape index (κ3) is 2.95. The highest BCUT2D eigenvalue weighted by Crippen LogP contribution is 2.17. The number of aliphatic hydroxyl groups is 1. The van der Waals surface area contributed by atoms with Gasteiger partial charge in [-0.2, -0.15) is 0 Å². The molecule has 0 aliphatic carbocycles. The van der Waals surface area contributed by atoms with Gasteiger partial charge in [0.25, 0.3) is 0 Å². The van der Waals surface area contributed by atoms with Crippen molar-refractivity contribution in [2.24, 2.45) is 0 Å². The summed E-state index contributed by atoms with van der Waals surface area (Å²) in [5.41, 5.74) is 0. The van der Waals surface area contributed by atoms with Gasteiger partial charge >= 0.3 is 0 Å². The van der Waals surface area contributed by atoms with Crippen LogP contribution in [-0.2, 0) is 0 Å². The maximum Gasteiger partial charge on any atom is 0.120 e. The van der Waals surface area contributed by atoms with E-state index in [1.165, 1.54) is 0 Å². The minimum atomic E-state index is -0.173. The predicted octanol–water partition coefficient (Wildman–Crippen LogP) is 1.45. The minimum Gasteiger partial charge on any atom is -0.497 e. The molecule has 0 spiro atoms. The molecule has 13 heavy (non-hydrogen) atoms. The largest absolute Gasteiger partial charge is 0.497 e. The van der Waals surface area contributed by atoms with E-state index >= 15 is 0 Å². The van der Waals surface area contributed by atoms with Crippen molar-refractivity contribution in [1.82, 2.24) is 0 Å². The molecule has 0 aliphatic heterocycles. The van der Waals surface area contributed by atoms with Crippen molar-refractivity contribution >= 4 is 0 Å². The van der Waals surface area contributed by atoms with Gasteiger partial charge in [0, 0.05) is 0 Å². The van der Waals surface area contributed by atoms with E-state index in [-0.39, 0.29) is 12.7 Å². The second kappa shape index (κ2) is 4.72. The van der Waals surface area contributed by atoms with E-state index in [0.717, 1.165) is 11.5 Å². The Labute approximate surface area is 77.9 Å². The Balaban J connectivity index is 2.58. The van der Waals surface area contributed by atoms with E-state index in [4.69, 9.17) is 14.6 Å². The zero-order chi connectivity index (χ0) is 9.68. The number of ether oxygens (including phenoxy) is 2. The monoisotopic (exact) mass is 182 g/mol. The van der Waals surface area contributed by atoms with Gasteiger partial charge in [0.1, 0.15) is 17.6 Å². The van der Waals surface area contributed by atoms with E-state index in [1.807, 2.05) is 31.2 Å². The summed E-state index contributed by atoms with van der Waals surface area (Å²) in [4.78, 5) is 0. The topological polar surface area (TPSA) is 38.7 Å². The summed E-state index contributed by atoms with van der Waals surface area (Å²) in [5.74, 6) is 1.53. The second-order valence-electron chi connectivity index (χ2n) is 2.79. The molecule has 1 aromatic rings. The van der Waals surface area contributed by atoms with Gasteiger partial charge < -0.3 is 14.6 Å². The van der Waals surface area contributed by atoms with Crippen LogP contribution in [0.3, 0.4) is 0 Å². The Morgan fingerprint density at radius 3 is 2.23 bits per heavy atom. The van der Waals surface area contributed by atoms with E-state index in [9.17, 15) is 0 Å². The van der Waals surface area contributed by atoms with Crippen LogP contribution >= 0.6 is 0 Å². The van der Waals surface area contributed by atoms with Crippen LogP contribution in [0.1, 0.15) is 6.92 Å². The van der Waals surface area contributed by atoms with E-state index in [2.05, 4.69) is 0 Å². The number of hydrogen-bond donors (Lipinski definition) is 1. The van der Waals surface area contributed by atoms with Crippen molar-refractivity contribution in [3.63, 3.8) is 0 Å². The molecule has 0 aromatic heterocycles. The van der Waals surface area contributed by atoms with Gasteiger partial charge in [-0.3, -0.25) is 0 Å². The summed E-state index contributed by atoms with van der Waals surface area (Å²) < 4.78 is 10.4. The van der Waals surface area contributed by atoms with Crippen LogP contribution in [0.15, 0.2) is 24.3 Å². The Bertz CT molecular complexity index is 243. The lowest BCUT2D eigenvalue weighted by Gasteiger charge is -2.11. The molecule has 1 unspecified atom stereocenters. The summed E-state index contributed by atoms with van der Waals surface area (Å²) in [6, 6.07) is 7.26. The number of benzene rings is 1. The zero-order valence-electron chi connectivity index (χ0n) is 7.86. The van der Waals surface area contributed by atoms with Gasteiger partial charge in [0.05, 0.1) is 13.7 Å². The van der Waals surface area contributed by atoms with Crippen LogP contribution in [0.4, 0.5) is 0 Å². The summed E-state index contributed by atoms with van der Waals surface area (Å²) in [7, 11) is 1.62. The van der Waals surface area contributed by atoms with E-state index in [1.54, 1.807) is 7.11 Å². The molecular weight excluding hydrogens is 168 g/mol. The maximum absolute atomic E-state index is 8.75. The normalized spacial score (nSPS) is 12.2. The summed E-state index contributed by atoms with van der Waals surface area (Å²) in [6.07, 6.45) is -0.173. The van der Waals surface area contributed by atoms with Crippen molar-refractivity contribution in [3.05, 3.63) is 24.3 Å². The fraction of sp³-hybridized carbons (Fsp3) is 0.400. The van der Waals surface area contributed by atoms with Gasteiger partial charge in [0.2, 0.25) is 0 Å². The third-order valence-corrected chi connectivity index (χ3v) is 1.65. The maximum atomic E-state index is 8.75. The molecule has 0 aliphatic rings. The fourth-order valence-corrected chi connectivity index (χ4v) is 0.924. The quantitative estimate of drug-likeness (QED) is 0.766. The lowest BCUT2D eigenvalue weighted by molar-refractivity contribution is 0.129. The van der Waals surface area contributed by atoms with Crippen LogP contribution in [-0.4, -0.2) is 24.9 Å². The highest BCUT2D eigenvalue weighted by Gasteiger charge is 2.01. The molecule has 0 amide bonds. The average molecular weight is 182 g/mol. The van der Waals surface area contributed by atoms with Crippen molar-refractivity contribution < 1.29 is 14.6 Å². The Morgan fingerprint density at radius 2 is 1.77 bits per heavy atom. The van der Waals surface area contributed by atoms with Crippen LogP contribution in [0.2, 0.25) is 0 Å². The number of aliphatic hydroxyl groups excluding tert-OH is 1. The molecule has 0 saturated heterocycles. The summed E-state index contributed by atoms with van der Waals surface area (Å²) in [5, 5.41) is 8.75.